The van der Waals surface area contributed by atoms with Gasteiger partial charge in [-0.15, -0.1) is 0 Å². The van der Waals surface area contributed by atoms with Crippen LogP contribution in [0.15, 0.2) is 0 Å². The summed E-state index contributed by atoms with van der Waals surface area (Å²) in [7, 11) is 1.53. The molecule has 0 spiro atoms. The van der Waals surface area contributed by atoms with Gasteiger partial charge in [0.1, 0.15) is 0 Å². The van der Waals surface area contributed by atoms with Crippen molar-refractivity contribution >= 4 is 5.97 Å². The first kappa shape index (κ1) is 15.8. The molecule has 116 valence electrons. The monoisotopic (exact) mass is 282 g/mol. The van der Waals surface area contributed by atoms with Gasteiger partial charge in [-0.05, 0) is 57.8 Å². The smallest absolute Gasteiger partial charge is 0.311 e. The normalized spacial score (nSPS) is 24.2. The molecule has 2 rings (SSSR count). The number of hydrogen-bond acceptors (Lipinski definition) is 4. The van der Waals surface area contributed by atoms with Gasteiger partial charge in [0.2, 0.25) is 0 Å². The number of ether oxygens (including phenoxy) is 1. The summed E-state index contributed by atoms with van der Waals surface area (Å²) in [5, 5.41) is 0. The summed E-state index contributed by atoms with van der Waals surface area (Å²) in [6.45, 7) is 9.89. The molecule has 2 aliphatic heterocycles. The van der Waals surface area contributed by atoms with Crippen molar-refractivity contribution in [2.45, 2.75) is 45.6 Å². The van der Waals surface area contributed by atoms with E-state index < -0.39 is 0 Å². The lowest BCUT2D eigenvalue weighted by molar-refractivity contribution is -0.149. The second-order valence-corrected chi connectivity index (χ2v) is 6.62. The van der Waals surface area contributed by atoms with Crippen LogP contribution in [0.1, 0.15) is 39.5 Å². The molecule has 4 nitrogen and oxygen atoms in total. The van der Waals surface area contributed by atoms with Crippen molar-refractivity contribution < 1.29 is 9.53 Å². The summed E-state index contributed by atoms with van der Waals surface area (Å²) in [5.74, 6) is 0.457. The zero-order valence-electron chi connectivity index (χ0n) is 13.3. The standard InChI is InChI=1S/C16H30N2O2/c1-13(2)15(18-10-6-7-11-18)14(16(19)20-3)12-17-8-4-5-9-17/h13-15H,4-12H2,1-3H3/t14-,15+/m0/s1. The number of esters is 1. The van der Waals surface area contributed by atoms with E-state index in [0.29, 0.717) is 12.0 Å². The fourth-order valence-electron chi connectivity index (χ4n) is 3.90. The third-order valence-electron chi connectivity index (χ3n) is 4.82. The number of carbonyl (C=O) groups excluding carboxylic acids is 1. The summed E-state index contributed by atoms with van der Waals surface area (Å²) in [6, 6.07) is 0.325. The van der Waals surface area contributed by atoms with Gasteiger partial charge in [-0.2, -0.15) is 0 Å². The molecule has 0 aromatic heterocycles. The molecule has 2 heterocycles. The van der Waals surface area contributed by atoms with Gasteiger partial charge in [-0.1, -0.05) is 13.8 Å². The van der Waals surface area contributed by atoms with E-state index in [-0.39, 0.29) is 11.9 Å². The molecular formula is C16H30N2O2. The number of likely N-dealkylation sites (tertiary alicyclic amines) is 2. The predicted octanol–water partition coefficient (Wildman–Crippen LogP) is 1.99. The maximum atomic E-state index is 12.3. The minimum atomic E-state index is -0.0255. The van der Waals surface area contributed by atoms with Gasteiger partial charge in [0.25, 0.3) is 0 Å². The van der Waals surface area contributed by atoms with Gasteiger partial charge in [0, 0.05) is 12.6 Å². The highest BCUT2D eigenvalue weighted by atomic mass is 16.5. The highest BCUT2D eigenvalue weighted by Gasteiger charge is 2.38. The molecule has 0 aromatic rings. The number of rotatable bonds is 6. The van der Waals surface area contributed by atoms with Crippen molar-refractivity contribution in [1.82, 2.24) is 9.80 Å². The van der Waals surface area contributed by atoms with Crippen LogP contribution in [0.4, 0.5) is 0 Å². The highest BCUT2D eigenvalue weighted by molar-refractivity contribution is 5.73. The molecule has 2 saturated heterocycles. The zero-order valence-corrected chi connectivity index (χ0v) is 13.3. The summed E-state index contributed by atoms with van der Waals surface area (Å²) in [5.41, 5.74) is 0. The van der Waals surface area contributed by atoms with E-state index in [0.717, 1.165) is 32.7 Å². The Hall–Kier alpha value is -0.610. The predicted molar refractivity (Wildman–Crippen MR) is 80.6 cm³/mol. The number of hydrogen-bond donors (Lipinski definition) is 0. The van der Waals surface area contributed by atoms with Crippen LogP contribution in [-0.2, 0) is 9.53 Å². The van der Waals surface area contributed by atoms with Crippen LogP contribution in [0, 0.1) is 11.8 Å². The first-order chi connectivity index (χ1) is 9.63. The van der Waals surface area contributed by atoms with E-state index in [1.807, 2.05) is 0 Å². The Morgan fingerprint density at radius 2 is 1.60 bits per heavy atom. The van der Waals surface area contributed by atoms with Crippen molar-refractivity contribution in [3.8, 4) is 0 Å². The molecule has 0 amide bonds. The molecule has 20 heavy (non-hydrogen) atoms. The van der Waals surface area contributed by atoms with Crippen molar-refractivity contribution in [3.05, 3.63) is 0 Å². The van der Waals surface area contributed by atoms with E-state index >= 15 is 0 Å². The lowest BCUT2D eigenvalue weighted by Crippen LogP contribution is -2.50. The second-order valence-electron chi connectivity index (χ2n) is 6.62. The molecule has 0 radical (unpaired) electrons. The average Bonchev–Trinajstić information content (AvgIpc) is 3.09. The van der Waals surface area contributed by atoms with E-state index in [4.69, 9.17) is 4.74 Å². The summed E-state index contributed by atoms with van der Waals surface area (Å²) in [4.78, 5) is 17.3. The van der Waals surface area contributed by atoms with Crippen LogP contribution in [0.2, 0.25) is 0 Å². The van der Waals surface area contributed by atoms with Crippen LogP contribution < -0.4 is 0 Å². The second kappa shape index (κ2) is 7.41. The van der Waals surface area contributed by atoms with Gasteiger partial charge in [-0.3, -0.25) is 9.69 Å². The summed E-state index contributed by atoms with van der Waals surface area (Å²) in [6.07, 6.45) is 5.07. The quantitative estimate of drug-likeness (QED) is 0.698. The van der Waals surface area contributed by atoms with Crippen LogP contribution in [0.3, 0.4) is 0 Å². The van der Waals surface area contributed by atoms with Crippen LogP contribution in [-0.4, -0.2) is 61.6 Å². The summed E-state index contributed by atoms with van der Waals surface area (Å²) < 4.78 is 5.12. The Kier molecular flexibility index (Phi) is 5.85. The van der Waals surface area contributed by atoms with Crippen molar-refractivity contribution in [2.75, 3.05) is 39.8 Å². The molecule has 0 aliphatic carbocycles. The van der Waals surface area contributed by atoms with E-state index in [1.54, 1.807) is 0 Å². The fraction of sp³-hybridized carbons (Fsp3) is 0.938. The number of carbonyl (C=O) groups is 1. The van der Waals surface area contributed by atoms with Crippen molar-refractivity contribution in [2.24, 2.45) is 11.8 Å². The van der Waals surface area contributed by atoms with Crippen LogP contribution >= 0.6 is 0 Å². The Balaban J connectivity index is 2.10. The number of nitrogens with zero attached hydrogens (tertiary/aromatic N) is 2. The van der Waals surface area contributed by atoms with Crippen molar-refractivity contribution in [3.63, 3.8) is 0 Å². The molecule has 2 atom stereocenters. The Morgan fingerprint density at radius 1 is 1.05 bits per heavy atom. The maximum Gasteiger partial charge on any atom is 0.311 e. The lowest BCUT2D eigenvalue weighted by atomic mass is 9.88. The molecular weight excluding hydrogens is 252 g/mol. The molecule has 0 unspecified atom stereocenters. The minimum absolute atomic E-state index is 0.00352. The third-order valence-corrected chi connectivity index (χ3v) is 4.82. The largest absolute Gasteiger partial charge is 0.469 e. The molecule has 0 bridgehead atoms. The highest BCUT2D eigenvalue weighted by Crippen LogP contribution is 2.26. The van der Waals surface area contributed by atoms with Crippen molar-refractivity contribution in [1.29, 1.82) is 0 Å². The zero-order chi connectivity index (χ0) is 14.5. The molecule has 2 aliphatic rings. The number of methoxy groups -OCH3 is 1. The lowest BCUT2D eigenvalue weighted by Gasteiger charge is -2.37. The van der Waals surface area contributed by atoms with E-state index in [2.05, 4.69) is 23.6 Å². The van der Waals surface area contributed by atoms with Gasteiger partial charge >= 0.3 is 5.97 Å². The van der Waals surface area contributed by atoms with Gasteiger partial charge in [-0.25, -0.2) is 0 Å². The molecule has 2 fully saturated rings. The van der Waals surface area contributed by atoms with E-state index in [9.17, 15) is 4.79 Å². The fourth-order valence-corrected chi connectivity index (χ4v) is 3.90. The topological polar surface area (TPSA) is 32.8 Å². The summed E-state index contributed by atoms with van der Waals surface area (Å²) >= 11 is 0. The van der Waals surface area contributed by atoms with E-state index in [1.165, 1.54) is 32.8 Å². The molecule has 0 saturated carbocycles. The minimum Gasteiger partial charge on any atom is -0.469 e. The van der Waals surface area contributed by atoms with Gasteiger partial charge in [0.05, 0.1) is 13.0 Å². The van der Waals surface area contributed by atoms with Gasteiger partial charge < -0.3 is 9.64 Å². The first-order valence-electron chi connectivity index (χ1n) is 8.17. The van der Waals surface area contributed by atoms with Gasteiger partial charge in [0.15, 0.2) is 0 Å². The SMILES string of the molecule is COC(=O)[C@@H](CN1CCCC1)[C@@H](C(C)C)N1CCCC1. The Morgan fingerprint density at radius 3 is 2.10 bits per heavy atom. The molecule has 4 heteroatoms. The maximum absolute atomic E-state index is 12.3. The Labute approximate surface area is 123 Å². The van der Waals surface area contributed by atoms with Crippen LogP contribution in [0.25, 0.3) is 0 Å². The third kappa shape index (κ3) is 3.73. The molecule has 0 aromatic carbocycles. The van der Waals surface area contributed by atoms with Crippen LogP contribution in [0.5, 0.6) is 0 Å². The Bertz CT molecular complexity index is 308. The first-order valence-corrected chi connectivity index (χ1v) is 8.17. The molecule has 0 N–H and O–H groups in total. The average molecular weight is 282 g/mol.